The number of methoxy groups -OCH3 is 1. The summed E-state index contributed by atoms with van der Waals surface area (Å²) >= 11 is 0. The van der Waals surface area contributed by atoms with E-state index >= 15 is 0 Å². The van der Waals surface area contributed by atoms with Crippen LogP contribution in [-0.4, -0.2) is 86.9 Å². The zero-order valence-corrected chi connectivity index (χ0v) is 23.9. The molecule has 11 heteroatoms. The van der Waals surface area contributed by atoms with Crippen molar-refractivity contribution in [3.63, 3.8) is 0 Å². The van der Waals surface area contributed by atoms with E-state index in [1.165, 1.54) is 23.5 Å². The molecule has 2 fully saturated rings. The molecule has 2 aromatic carbocycles. The van der Waals surface area contributed by atoms with Crippen LogP contribution in [0.3, 0.4) is 0 Å². The molecule has 220 valence electrons. The number of hydrogen-bond acceptors (Lipinski definition) is 9. The lowest BCUT2D eigenvalue weighted by molar-refractivity contribution is -0.154. The van der Waals surface area contributed by atoms with Crippen molar-refractivity contribution in [2.24, 2.45) is 17.8 Å². The van der Waals surface area contributed by atoms with E-state index in [1.807, 2.05) is 44.2 Å². The monoisotopic (exact) mass is 577 g/mol. The molecule has 2 aliphatic rings. The van der Waals surface area contributed by atoms with E-state index in [0.717, 1.165) is 5.56 Å². The number of benzene rings is 2. The third-order valence-corrected chi connectivity index (χ3v) is 9.14. The minimum absolute atomic E-state index is 0.00636. The molecule has 2 N–H and O–H groups in total. The Labute approximate surface area is 235 Å². The number of esters is 1. The molecular formula is C29H39NO9S. The second-order valence-electron chi connectivity index (χ2n) is 10.8. The molecule has 0 radical (unpaired) electrons. The minimum Gasteiger partial charge on any atom is -0.497 e. The van der Waals surface area contributed by atoms with E-state index in [9.17, 15) is 23.4 Å². The van der Waals surface area contributed by atoms with Gasteiger partial charge < -0.3 is 29.2 Å². The third-order valence-electron chi connectivity index (χ3n) is 7.30. The lowest BCUT2D eigenvalue weighted by Crippen LogP contribution is -2.43. The van der Waals surface area contributed by atoms with Crippen LogP contribution in [0.2, 0.25) is 0 Å². The quantitative estimate of drug-likeness (QED) is 0.344. The van der Waals surface area contributed by atoms with Crippen LogP contribution in [0.4, 0.5) is 0 Å². The van der Waals surface area contributed by atoms with Gasteiger partial charge >= 0.3 is 5.97 Å². The van der Waals surface area contributed by atoms with E-state index in [0.29, 0.717) is 12.2 Å². The molecule has 10 nitrogen and oxygen atoms in total. The Morgan fingerprint density at radius 2 is 1.73 bits per heavy atom. The van der Waals surface area contributed by atoms with Gasteiger partial charge in [-0.15, -0.1) is 0 Å². The lowest BCUT2D eigenvalue weighted by Gasteiger charge is -2.30. The van der Waals surface area contributed by atoms with Crippen LogP contribution in [0.25, 0.3) is 0 Å². The number of nitrogens with zero attached hydrogens (tertiary/aromatic N) is 1. The zero-order chi connectivity index (χ0) is 28.9. The molecule has 2 unspecified atom stereocenters. The molecule has 0 aliphatic carbocycles. The van der Waals surface area contributed by atoms with Gasteiger partial charge in [-0.1, -0.05) is 44.2 Å². The zero-order valence-electron chi connectivity index (χ0n) is 23.1. The van der Waals surface area contributed by atoms with Gasteiger partial charge in [0.05, 0.1) is 49.8 Å². The van der Waals surface area contributed by atoms with E-state index in [-0.39, 0.29) is 43.5 Å². The van der Waals surface area contributed by atoms with Crippen molar-refractivity contribution in [1.82, 2.24) is 4.31 Å². The maximum atomic E-state index is 13.6. The average Bonchev–Trinajstić information content (AvgIpc) is 3.50. The Kier molecular flexibility index (Phi) is 10.2. The first-order valence-electron chi connectivity index (χ1n) is 13.6. The minimum atomic E-state index is -3.94. The smallest absolute Gasteiger partial charge is 0.306 e. The van der Waals surface area contributed by atoms with Gasteiger partial charge in [-0.3, -0.25) is 4.79 Å². The fraction of sp³-hybridized carbons (Fsp3) is 0.552. The van der Waals surface area contributed by atoms with Gasteiger partial charge in [0.1, 0.15) is 11.9 Å². The number of hydrogen-bond donors (Lipinski definition) is 2. The summed E-state index contributed by atoms with van der Waals surface area (Å²) in [6.45, 7) is 4.04. The maximum Gasteiger partial charge on any atom is 0.306 e. The fourth-order valence-electron chi connectivity index (χ4n) is 5.22. The summed E-state index contributed by atoms with van der Waals surface area (Å²) < 4.78 is 50.2. The average molecular weight is 578 g/mol. The van der Waals surface area contributed by atoms with Gasteiger partial charge in [-0.25, -0.2) is 8.42 Å². The highest BCUT2D eigenvalue weighted by atomic mass is 32.2. The van der Waals surface area contributed by atoms with Gasteiger partial charge in [0, 0.05) is 19.0 Å². The summed E-state index contributed by atoms with van der Waals surface area (Å²) in [5.74, 6) is -1.11. The third kappa shape index (κ3) is 7.39. The molecule has 40 heavy (non-hydrogen) atoms. The summed E-state index contributed by atoms with van der Waals surface area (Å²) in [6.07, 6.45) is -3.01. The van der Waals surface area contributed by atoms with Gasteiger partial charge in [0.25, 0.3) is 0 Å². The normalized spacial score (nSPS) is 24.2. The van der Waals surface area contributed by atoms with Crippen molar-refractivity contribution < 1.29 is 42.4 Å². The van der Waals surface area contributed by atoms with Crippen molar-refractivity contribution in [2.75, 3.05) is 33.4 Å². The molecule has 6 atom stereocenters. The summed E-state index contributed by atoms with van der Waals surface area (Å²) in [6, 6.07) is 15.5. The topological polar surface area (TPSA) is 132 Å². The number of aliphatic hydroxyl groups is 2. The first kappa shape index (κ1) is 30.4. The largest absolute Gasteiger partial charge is 0.497 e. The molecule has 0 aromatic heterocycles. The molecular weight excluding hydrogens is 538 g/mol. The first-order valence-corrected chi connectivity index (χ1v) is 15.0. The predicted octanol–water partition coefficient (Wildman–Crippen LogP) is 2.23. The van der Waals surface area contributed by atoms with Crippen molar-refractivity contribution in [3.8, 4) is 5.75 Å². The molecule has 2 heterocycles. The Morgan fingerprint density at radius 1 is 1.05 bits per heavy atom. The van der Waals surface area contributed by atoms with Crippen LogP contribution in [0.15, 0.2) is 59.5 Å². The second kappa shape index (κ2) is 13.4. The van der Waals surface area contributed by atoms with Crippen LogP contribution < -0.4 is 4.74 Å². The van der Waals surface area contributed by atoms with Crippen LogP contribution in [0.5, 0.6) is 5.75 Å². The van der Waals surface area contributed by atoms with Crippen molar-refractivity contribution >= 4 is 16.0 Å². The molecule has 0 saturated carbocycles. The second-order valence-corrected chi connectivity index (χ2v) is 12.8. The molecule has 0 amide bonds. The number of ether oxygens (including phenoxy) is 4. The van der Waals surface area contributed by atoms with Crippen molar-refractivity contribution in [2.45, 2.75) is 56.2 Å². The summed E-state index contributed by atoms with van der Waals surface area (Å²) in [4.78, 5) is 13.2. The van der Waals surface area contributed by atoms with E-state index in [1.54, 1.807) is 12.1 Å². The Balaban J connectivity index is 1.51. The van der Waals surface area contributed by atoms with E-state index in [4.69, 9.17) is 18.9 Å². The van der Waals surface area contributed by atoms with Crippen LogP contribution in [0, 0.1) is 17.8 Å². The molecule has 2 aromatic rings. The number of sulfonamides is 1. The van der Waals surface area contributed by atoms with E-state index in [2.05, 4.69) is 0 Å². The van der Waals surface area contributed by atoms with Crippen LogP contribution >= 0.6 is 0 Å². The summed E-state index contributed by atoms with van der Waals surface area (Å²) in [5, 5.41) is 21.6. The van der Waals surface area contributed by atoms with Crippen LogP contribution in [-0.2, 0) is 35.4 Å². The molecule has 2 saturated heterocycles. The van der Waals surface area contributed by atoms with Crippen LogP contribution in [0.1, 0.15) is 25.8 Å². The number of rotatable bonds is 13. The highest BCUT2D eigenvalue weighted by molar-refractivity contribution is 7.89. The summed E-state index contributed by atoms with van der Waals surface area (Å²) in [5.41, 5.74) is 0.900. The number of aliphatic hydroxyl groups excluding tert-OH is 2. The highest BCUT2D eigenvalue weighted by Crippen LogP contribution is 2.34. The van der Waals surface area contributed by atoms with E-state index < -0.39 is 52.4 Å². The number of carbonyl (C=O) groups excluding carboxylic acids is 1. The SMILES string of the molecule is COc1ccc(S(=O)(=O)N(CC(C)C)C[C@@H](O)[C@@H](CC(=O)O[C@H]2CO[C@H]3OCC(O)C32)Cc2ccccc2)cc1. The number of carbonyl (C=O) groups is 1. The Morgan fingerprint density at radius 3 is 2.38 bits per heavy atom. The van der Waals surface area contributed by atoms with Gasteiger partial charge in [-0.2, -0.15) is 4.31 Å². The maximum absolute atomic E-state index is 13.6. The predicted molar refractivity (Wildman–Crippen MR) is 146 cm³/mol. The fourth-order valence-corrected chi connectivity index (χ4v) is 6.84. The van der Waals surface area contributed by atoms with Gasteiger partial charge in [0.2, 0.25) is 10.0 Å². The Bertz CT molecular complexity index is 1210. The molecule has 0 spiro atoms. The number of fused-ring (bicyclic) bond motifs is 1. The highest BCUT2D eigenvalue weighted by Gasteiger charge is 2.49. The standard InChI is InChI=1S/C29H39NO9S/c1-19(2)15-30(40(34,35)23-11-9-22(36-3)10-12-23)16-24(31)21(13-20-7-5-4-6-8-20)14-27(33)39-26-18-38-29-28(26)25(32)17-37-29/h4-12,19,21,24-26,28-29,31-32H,13-18H2,1-3H3/t21-,24-,25?,26+,28?,29-/m1/s1. The molecule has 2 aliphatic heterocycles. The lowest BCUT2D eigenvalue weighted by atomic mass is 9.90. The van der Waals surface area contributed by atoms with Gasteiger partial charge in [0.15, 0.2) is 6.29 Å². The molecule has 4 rings (SSSR count). The van der Waals surface area contributed by atoms with Gasteiger partial charge in [-0.05, 0) is 42.2 Å². The first-order chi connectivity index (χ1) is 19.1. The summed E-state index contributed by atoms with van der Waals surface area (Å²) in [7, 11) is -2.44. The Hall–Kier alpha value is -2.54. The van der Waals surface area contributed by atoms with Crippen molar-refractivity contribution in [1.29, 1.82) is 0 Å². The molecule has 0 bridgehead atoms. The van der Waals surface area contributed by atoms with Crippen molar-refractivity contribution in [3.05, 3.63) is 60.2 Å².